The van der Waals surface area contributed by atoms with Crippen molar-refractivity contribution in [1.29, 1.82) is 0 Å². The molecular weight excluding hydrogens is 366 g/mol. The SMILES string of the molecule is Cc1ccc(S(=O)(=O)N2CCC[C@H](c3ncc(-c4ccccc4)[nH]3)C2)s1. The molecule has 0 unspecified atom stereocenters. The van der Waals surface area contributed by atoms with Gasteiger partial charge in [-0.1, -0.05) is 30.3 Å². The Kier molecular flexibility index (Phi) is 4.69. The molecule has 2 aromatic heterocycles. The number of aromatic nitrogens is 2. The molecule has 1 fully saturated rings. The Morgan fingerprint density at radius 3 is 2.73 bits per heavy atom. The lowest BCUT2D eigenvalue weighted by Crippen LogP contribution is -2.39. The summed E-state index contributed by atoms with van der Waals surface area (Å²) in [5, 5.41) is 0. The van der Waals surface area contributed by atoms with Gasteiger partial charge in [0.2, 0.25) is 0 Å². The highest BCUT2D eigenvalue weighted by Crippen LogP contribution is 2.32. The van der Waals surface area contributed by atoms with Crippen molar-refractivity contribution in [3.05, 3.63) is 59.4 Å². The Labute approximate surface area is 157 Å². The van der Waals surface area contributed by atoms with Crippen molar-refractivity contribution >= 4 is 21.4 Å². The van der Waals surface area contributed by atoms with Crippen molar-refractivity contribution in [2.24, 2.45) is 0 Å². The molecule has 3 aromatic rings. The first-order valence-electron chi connectivity index (χ1n) is 8.71. The number of nitrogens with zero attached hydrogens (tertiary/aromatic N) is 2. The molecule has 3 heterocycles. The lowest BCUT2D eigenvalue weighted by Gasteiger charge is -2.30. The Balaban J connectivity index is 1.55. The summed E-state index contributed by atoms with van der Waals surface area (Å²) in [6.07, 6.45) is 3.62. The fourth-order valence-corrected chi connectivity index (χ4v) is 6.33. The second-order valence-corrected chi connectivity index (χ2v) is 10.1. The van der Waals surface area contributed by atoms with Crippen LogP contribution in [0.3, 0.4) is 0 Å². The summed E-state index contributed by atoms with van der Waals surface area (Å²) in [4.78, 5) is 8.93. The van der Waals surface area contributed by atoms with Gasteiger partial charge in [-0.25, -0.2) is 13.4 Å². The van der Waals surface area contributed by atoms with Gasteiger partial charge in [0.25, 0.3) is 10.0 Å². The number of imidazole rings is 1. The predicted molar refractivity (Wildman–Crippen MR) is 104 cm³/mol. The van der Waals surface area contributed by atoms with E-state index in [0.717, 1.165) is 34.8 Å². The van der Waals surface area contributed by atoms with Gasteiger partial charge in [0, 0.05) is 23.9 Å². The normalized spacial score (nSPS) is 18.9. The maximum absolute atomic E-state index is 12.9. The number of thiophene rings is 1. The van der Waals surface area contributed by atoms with Crippen molar-refractivity contribution < 1.29 is 8.42 Å². The van der Waals surface area contributed by atoms with Gasteiger partial charge in [0.05, 0.1) is 11.9 Å². The number of rotatable bonds is 4. The molecule has 1 aliphatic heterocycles. The maximum Gasteiger partial charge on any atom is 0.252 e. The van der Waals surface area contributed by atoms with E-state index in [1.54, 1.807) is 10.4 Å². The maximum atomic E-state index is 12.9. The molecule has 0 amide bonds. The van der Waals surface area contributed by atoms with Crippen LogP contribution < -0.4 is 0 Å². The summed E-state index contributed by atoms with van der Waals surface area (Å²) in [5.74, 6) is 0.961. The topological polar surface area (TPSA) is 66.1 Å². The number of hydrogen-bond acceptors (Lipinski definition) is 4. The van der Waals surface area contributed by atoms with Crippen LogP contribution in [0.25, 0.3) is 11.3 Å². The van der Waals surface area contributed by atoms with Gasteiger partial charge < -0.3 is 4.98 Å². The molecule has 0 radical (unpaired) electrons. The van der Waals surface area contributed by atoms with Crippen molar-refractivity contribution in [1.82, 2.24) is 14.3 Å². The molecule has 1 aromatic carbocycles. The molecular formula is C19H21N3O2S2. The number of piperidine rings is 1. The second-order valence-electron chi connectivity index (χ2n) is 6.62. The van der Waals surface area contributed by atoms with Crippen LogP contribution in [0, 0.1) is 6.92 Å². The first-order chi connectivity index (χ1) is 12.5. The van der Waals surface area contributed by atoms with E-state index in [1.807, 2.05) is 49.5 Å². The van der Waals surface area contributed by atoms with Crippen molar-refractivity contribution in [3.63, 3.8) is 0 Å². The summed E-state index contributed by atoms with van der Waals surface area (Å²) in [6, 6.07) is 13.6. The molecule has 7 heteroatoms. The lowest BCUT2D eigenvalue weighted by atomic mass is 9.99. The number of aryl methyl sites for hydroxylation is 1. The van der Waals surface area contributed by atoms with Crippen LogP contribution in [0.2, 0.25) is 0 Å². The van der Waals surface area contributed by atoms with Crippen LogP contribution in [0.1, 0.15) is 29.5 Å². The minimum Gasteiger partial charge on any atom is -0.342 e. The molecule has 1 N–H and O–H groups in total. The van der Waals surface area contributed by atoms with E-state index in [2.05, 4.69) is 9.97 Å². The molecule has 1 aliphatic rings. The molecule has 5 nitrogen and oxygen atoms in total. The van der Waals surface area contributed by atoms with Gasteiger partial charge in [0.15, 0.2) is 0 Å². The Morgan fingerprint density at radius 2 is 2.00 bits per heavy atom. The average molecular weight is 388 g/mol. The highest BCUT2D eigenvalue weighted by Gasteiger charge is 2.32. The van der Waals surface area contributed by atoms with Gasteiger partial charge in [-0.3, -0.25) is 0 Å². The van der Waals surface area contributed by atoms with E-state index < -0.39 is 10.0 Å². The zero-order valence-corrected chi connectivity index (χ0v) is 16.2. The number of sulfonamides is 1. The smallest absolute Gasteiger partial charge is 0.252 e. The standard InChI is InChI=1S/C19H21N3O2S2/c1-14-9-10-18(25-14)26(23,24)22-11-5-8-16(13-22)19-20-12-17(21-19)15-6-3-2-4-7-15/h2-4,6-7,9-10,12,16H,5,8,11,13H2,1H3,(H,20,21)/t16-/m0/s1. The van der Waals surface area contributed by atoms with Gasteiger partial charge in [-0.2, -0.15) is 4.31 Å². The average Bonchev–Trinajstić information content (AvgIpc) is 3.32. The first-order valence-corrected chi connectivity index (χ1v) is 11.0. The zero-order valence-electron chi connectivity index (χ0n) is 14.6. The molecule has 0 spiro atoms. The van der Waals surface area contributed by atoms with E-state index in [0.29, 0.717) is 17.3 Å². The van der Waals surface area contributed by atoms with E-state index in [4.69, 9.17) is 0 Å². The summed E-state index contributed by atoms with van der Waals surface area (Å²) < 4.78 is 27.9. The largest absolute Gasteiger partial charge is 0.342 e. The van der Waals surface area contributed by atoms with Crippen LogP contribution in [-0.4, -0.2) is 35.8 Å². The molecule has 1 saturated heterocycles. The highest BCUT2D eigenvalue weighted by atomic mass is 32.2. The van der Waals surface area contributed by atoms with Crippen molar-refractivity contribution in [2.45, 2.75) is 29.9 Å². The van der Waals surface area contributed by atoms with E-state index in [9.17, 15) is 8.42 Å². The van der Waals surface area contributed by atoms with Crippen molar-refractivity contribution in [2.75, 3.05) is 13.1 Å². The highest BCUT2D eigenvalue weighted by molar-refractivity contribution is 7.91. The molecule has 0 aliphatic carbocycles. The van der Waals surface area contributed by atoms with Gasteiger partial charge in [-0.05, 0) is 37.5 Å². The number of hydrogen-bond donors (Lipinski definition) is 1. The molecule has 0 bridgehead atoms. The third-order valence-corrected chi connectivity index (χ3v) is 8.09. The third-order valence-electron chi connectivity index (χ3n) is 4.76. The van der Waals surface area contributed by atoms with Gasteiger partial charge >= 0.3 is 0 Å². The lowest BCUT2D eigenvalue weighted by molar-refractivity contribution is 0.310. The first kappa shape index (κ1) is 17.5. The molecule has 4 rings (SSSR count). The van der Waals surface area contributed by atoms with E-state index in [1.165, 1.54) is 11.3 Å². The number of aromatic amines is 1. The van der Waals surface area contributed by atoms with Gasteiger partial charge in [-0.15, -0.1) is 11.3 Å². The quantitative estimate of drug-likeness (QED) is 0.735. The number of H-pyrrole nitrogens is 1. The third kappa shape index (κ3) is 3.34. The predicted octanol–water partition coefficient (Wildman–Crippen LogP) is 4.01. The molecule has 1 atom stereocenters. The Bertz CT molecular complexity index is 993. The van der Waals surface area contributed by atoms with E-state index >= 15 is 0 Å². The molecule has 26 heavy (non-hydrogen) atoms. The van der Waals surface area contributed by atoms with Crippen LogP contribution in [0.5, 0.6) is 0 Å². The zero-order chi connectivity index (χ0) is 18.1. The second kappa shape index (κ2) is 6.98. The van der Waals surface area contributed by atoms with Crippen LogP contribution in [0.4, 0.5) is 0 Å². The summed E-state index contributed by atoms with van der Waals surface area (Å²) in [6.45, 7) is 2.97. The summed E-state index contributed by atoms with van der Waals surface area (Å²) in [5.41, 5.74) is 2.05. The summed E-state index contributed by atoms with van der Waals surface area (Å²) in [7, 11) is -3.42. The molecule has 0 saturated carbocycles. The Hall–Kier alpha value is -1.96. The van der Waals surface area contributed by atoms with Crippen LogP contribution in [-0.2, 0) is 10.0 Å². The van der Waals surface area contributed by atoms with E-state index in [-0.39, 0.29) is 5.92 Å². The Morgan fingerprint density at radius 1 is 1.19 bits per heavy atom. The van der Waals surface area contributed by atoms with Crippen molar-refractivity contribution in [3.8, 4) is 11.3 Å². The number of benzene rings is 1. The monoisotopic (exact) mass is 387 g/mol. The van der Waals surface area contributed by atoms with Crippen LogP contribution in [0.15, 0.2) is 52.9 Å². The number of nitrogens with one attached hydrogen (secondary N) is 1. The summed E-state index contributed by atoms with van der Waals surface area (Å²) >= 11 is 1.33. The fourth-order valence-electron chi connectivity index (χ4n) is 3.37. The fraction of sp³-hybridized carbons (Fsp3) is 0.316. The molecule has 136 valence electrons. The van der Waals surface area contributed by atoms with Gasteiger partial charge in [0.1, 0.15) is 10.0 Å². The van der Waals surface area contributed by atoms with Crippen LogP contribution >= 0.6 is 11.3 Å². The minimum absolute atomic E-state index is 0.0945. The minimum atomic E-state index is -3.42.